The van der Waals surface area contributed by atoms with E-state index < -0.39 is 0 Å². The SMILES string of the molecule is Cc1cnc2cc([C@@H](C)N3C[C@H](C)N(c4cc(=O)n(C)c5cn[nH]c45)C[C@H]3C)ccc2n1. The highest BCUT2D eigenvalue weighted by Gasteiger charge is 2.33. The number of nitrogens with one attached hydrogen (secondary N) is 1. The van der Waals surface area contributed by atoms with E-state index in [1.54, 1.807) is 23.9 Å². The van der Waals surface area contributed by atoms with Gasteiger partial charge in [-0.3, -0.25) is 19.8 Å². The number of nitrogens with zero attached hydrogens (tertiary/aromatic N) is 6. The molecule has 1 saturated heterocycles. The van der Waals surface area contributed by atoms with E-state index in [0.717, 1.165) is 46.5 Å². The monoisotopic (exact) mass is 431 g/mol. The van der Waals surface area contributed by atoms with Crippen LogP contribution >= 0.6 is 0 Å². The molecule has 0 bridgehead atoms. The smallest absolute Gasteiger partial charge is 0.252 e. The maximum Gasteiger partial charge on any atom is 0.252 e. The van der Waals surface area contributed by atoms with E-state index in [4.69, 9.17) is 0 Å². The van der Waals surface area contributed by atoms with Gasteiger partial charge < -0.3 is 9.47 Å². The van der Waals surface area contributed by atoms with Crippen LogP contribution in [0.2, 0.25) is 0 Å². The molecule has 1 N–H and O–H groups in total. The molecule has 1 fully saturated rings. The number of H-pyrrole nitrogens is 1. The maximum atomic E-state index is 12.5. The van der Waals surface area contributed by atoms with Gasteiger partial charge in [-0.25, -0.2) is 4.98 Å². The summed E-state index contributed by atoms with van der Waals surface area (Å²) in [6.07, 6.45) is 3.54. The summed E-state index contributed by atoms with van der Waals surface area (Å²) >= 11 is 0. The van der Waals surface area contributed by atoms with E-state index in [9.17, 15) is 4.79 Å². The average molecular weight is 432 g/mol. The van der Waals surface area contributed by atoms with Crippen LogP contribution in [-0.4, -0.2) is 54.8 Å². The molecule has 1 aliphatic rings. The van der Waals surface area contributed by atoms with Gasteiger partial charge in [0.05, 0.1) is 34.1 Å². The van der Waals surface area contributed by atoms with Crippen LogP contribution in [0.25, 0.3) is 22.1 Å². The van der Waals surface area contributed by atoms with Crippen molar-refractivity contribution in [3.8, 4) is 0 Å². The van der Waals surface area contributed by atoms with Gasteiger partial charge in [0.1, 0.15) is 5.52 Å². The molecule has 1 aromatic carbocycles. The van der Waals surface area contributed by atoms with Crippen molar-refractivity contribution in [3.63, 3.8) is 0 Å². The lowest BCUT2D eigenvalue weighted by Crippen LogP contribution is -2.57. The molecule has 32 heavy (non-hydrogen) atoms. The molecule has 166 valence electrons. The molecular formula is C24H29N7O. The maximum absolute atomic E-state index is 12.5. The molecule has 0 radical (unpaired) electrons. The van der Waals surface area contributed by atoms with Crippen LogP contribution in [-0.2, 0) is 7.05 Å². The number of benzene rings is 1. The summed E-state index contributed by atoms with van der Waals surface area (Å²) in [6, 6.07) is 8.93. The Kier molecular flexibility index (Phi) is 4.97. The second-order valence-corrected chi connectivity index (χ2v) is 9.04. The fourth-order valence-electron chi connectivity index (χ4n) is 4.95. The van der Waals surface area contributed by atoms with Gasteiger partial charge in [0.2, 0.25) is 0 Å². The summed E-state index contributed by atoms with van der Waals surface area (Å²) < 4.78 is 1.64. The third kappa shape index (κ3) is 3.35. The molecule has 4 heterocycles. The number of pyridine rings is 1. The standard InChI is InChI=1S/C24H29N7O/c1-14-10-25-20-8-18(6-7-19(20)27-14)17(4)30-12-16(3)31(13-15(30)2)21-9-23(32)29(5)22-11-26-28-24(21)22/h6-11,15-17H,12-13H2,1-5H3,(H,26,28)/t15-,16+,17-/m1/s1. The molecule has 3 atom stereocenters. The quantitative estimate of drug-likeness (QED) is 0.537. The number of aryl methyl sites for hydroxylation is 2. The first-order chi connectivity index (χ1) is 15.3. The molecule has 4 aromatic rings. The van der Waals surface area contributed by atoms with E-state index in [0.29, 0.717) is 6.04 Å². The Morgan fingerprint density at radius 3 is 2.72 bits per heavy atom. The Labute approximate surface area is 186 Å². The number of rotatable bonds is 3. The van der Waals surface area contributed by atoms with Crippen molar-refractivity contribution in [2.24, 2.45) is 7.05 Å². The van der Waals surface area contributed by atoms with Crippen molar-refractivity contribution in [1.82, 2.24) is 29.6 Å². The van der Waals surface area contributed by atoms with Gasteiger partial charge in [0.25, 0.3) is 5.56 Å². The predicted molar refractivity (Wildman–Crippen MR) is 127 cm³/mol. The topological polar surface area (TPSA) is 82.9 Å². The van der Waals surface area contributed by atoms with Crippen molar-refractivity contribution in [3.05, 3.63) is 58.3 Å². The lowest BCUT2D eigenvalue weighted by atomic mass is 9.99. The fraction of sp³-hybridized carbons (Fsp3) is 0.417. The van der Waals surface area contributed by atoms with Gasteiger partial charge in [0.15, 0.2) is 0 Å². The van der Waals surface area contributed by atoms with Crippen molar-refractivity contribution in [2.45, 2.75) is 45.8 Å². The van der Waals surface area contributed by atoms with Gasteiger partial charge in [-0.1, -0.05) is 6.07 Å². The predicted octanol–water partition coefficient (Wildman–Crippen LogP) is 3.17. The van der Waals surface area contributed by atoms with Crippen LogP contribution in [0.15, 0.2) is 41.5 Å². The van der Waals surface area contributed by atoms with E-state index in [1.165, 1.54) is 5.56 Å². The number of hydrogen-bond donors (Lipinski definition) is 1. The Morgan fingerprint density at radius 2 is 1.91 bits per heavy atom. The molecule has 8 nitrogen and oxygen atoms in total. The van der Waals surface area contributed by atoms with Crippen LogP contribution in [0.3, 0.4) is 0 Å². The van der Waals surface area contributed by atoms with Crippen molar-refractivity contribution in [2.75, 3.05) is 18.0 Å². The molecule has 3 aromatic heterocycles. The first kappa shape index (κ1) is 20.6. The van der Waals surface area contributed by atoms with Crippen LogP contribution in [0.1, 0.15) is 38.1 Å². The third-order valence-electron chi connectivity index (χ3n) is 6.84. The highest BCUT2D eigenvalue weighted by Crippen LogP contribution is 2.32. The van der Waals surface area contributed by atoms with E-state index in [-0.39, 0.29) is 17.6 Å². The van der Waals surface area contributed by atoms with Gasteiger partial charge >= 0.3 is 0 Å². The fourth-order valence-corrected chi connectivity index (χ4v) is 4.95. The zero-order chi connectivity index (χ0) is 22.6. The molecule has 8 heteroatoms. The molecule has 0 saturated carbocycles. The van der Waals surface area contributed by atoms with Gasteiger partial charge in [-0.2, -0.15) is 5.10 Å². The minimum Gasteiger partial charge on any atom is -0.364 e. The summed E-state index contributed by atoms with van der Waals surface area (Å²) in [5.41, 5.74) is 6.70. The highest BCUT2D eigenvalue weighted by molar-refractivity contribution is 5.88. The Bertz CT molecular complexity index is 1360. The van der Waals surface area contributed by atoms with Crippen LogP contribution < -0.4 is 10.5 Å². The first-order valence-corrected chi connectivity index (χ1v) is 11.1. The second kappa shape index (κ2) is 7.70. The highest BCUT2D eigenvalue weighted by atomic mass is 16.1. The van der Waals surface area contributed by atoms with Crippen LogP contribution in [0.4, 0.5) is 5.69 Å². The number of piperazine rings is 1. The Morgan fingerprint density at radius 1 is 1.09 bits per heavy atom. The normalized spacial score (nSPS) is 20.8. The van der Waals surface area contributed by atoms with Crippen LogP contribution in [0.5, 0.6) is 0 Å². The minimum absolute atomic E-state index is 0.0166. The van der Waals surface area contributed by atoms with Gasteiger partial charge in [0, 0.05) is 50.5 Å². The average Bonchev–Trinajstić information content (AvgIpc) is 3.27. The second-order valence-electron chi connectivity index (χ2n) is 9.04. The van der Waals surface area contributed by atoms with Crippen LogP contribution in [0, 0.1) is 6.92 Å². The lowest BCUT2D eigenvalue weighted by Gasteiger charge is -2.47. The molecule has 0 aliphatic carbocycles. The van der Waals surface area contributed by atoms with Crippen molar-refractivity contribution >= 4 is 27.8 Å². The zero-order valence-corrected chi connectivity index (χ0v) is 19.2. The number of anilines is 1. The molecule has 5 rings (SSSR count). The number of hydrogen-bond acceptors (Lipinski definition) is 6. The molecule has 0 amide bonds. The van der Waals surface area contributed by atoms with E-state index in [2.05, 4.69) is 68.9 Å². The number of aromatic amines is 1. The van der Waals surface area contributed by atoms with Gasteiger partial charge in [-0.05, 0) is 45.4 Å². The Hall–Kier alpha value is -3.26. The Balaban J connectivity index is 1.43. The summed E-state index contributed by atoms with van der Waals surface area (Å²) in [6.45, 7) is 10.4. The number of aromatic nitrogens is 5. The summed E-state index contributed by atoms with van der Waals surface area (Å²) in [5, 5.41) is 7.27. The molecule has 0 spiro atoms. The molecular weight excluding hydrogens is 402 g/mol. The summed E-state index contributed by atoms with van der Waals surface area (Å²) in [7, 11) is 1.78. The van der Waals surface area contributed by atoms with E-state index >= 15 is 0 Å². The molecule has 1 aliphatic heterocycles. The summed E-state index contributed by atoms with van der Waals surface area (Å²) in [5.74, 6) is 0. The largest absolute Gasteiger partial charge is 0.364 e. The van der Waals surface area contributed by atoms with E-state index in [1.807, 2.05) is 13.1 Å². The number of fused-ring (bicyclic) bond motifs is 2. The zero-order valence-electron chi connectivity index (χ0n) is 19.2. The van der Waals surface area contributed by atoms with Crippen molar-refractivity contribution in [1.29, 1.82) is 0 Å². The molecule has 0 unspecified atom stereocenters. The minimum atomic E-state index is -0.0166. The third-order valence-corrected chi connectivity index (χ3v) is 6.84. The van der Waals surface area contributed by atoms with Crippen molar-refractivity contribution < 1.29 is 0 Å². The lowest BCUT2D eigenvalue weighted by molar-refractivity contribution is 0.119. The first-order valence-electron chi connectivity index (χ1n) is 11.1. The summed E-state index contributed by atoms with van der Waals surface area (Å²) in [4.78, 5) is 26.6. The van der Waals surface area contributed by atoms with Gasteiger partial charge in [-0.15, -0.1) is 0 Å².